The van der Waals surface area contributed by atoms with E-state index < -0.39 is 0 Å². The Labute approximate surface area is 133 Å². The summed E-state index contributed by atoms with van der Waals surface area (Å²) in [7, 11) is 1.59. The number of ether oxygens (including phenoxy) is 1. The van der Waals surface area contributed by atoms with Crippen molar-refractivity contribution in [2.24, 2.45) is 0 Å². The largest absolute Gasteiger partial charge is 0.378 e. The van der Waals surface area contributed by atoms with Crippen LogP contribution in [0.3, 0.4) is 0 Å². The van der Waals surface area contributed by atoms with Crippen LogP contribution in [0.1, 0.15) is 54.8 Å². The van der Waals surface area contributed by atoms with Crippen LogP contribution < -0.4 is 10.5 Å². The van der Waals surface area contributed by atoms with Crippen LogP contribution in [0.15, 0.2) is 21.5 Å². The lowest BCUT2D eigenvalue weighted by Crippen LogP contribution is -2.27. The van der Waals surface area contributed by atoms with Crippen LogP contribution in [-0.2, 0) is 11.3 Å². The van der Waals surface area contributed by atoms with E-state index in [2.05, 4.69) is 26.1 Å². The molecule has 1 N–H and O–H groups in total. The van der Waals surface area contributed by atoms with E-state index in [-0.39, 0.29) is 11.6 Å². The summed E-state index contributed by atoms with van der Waals surface area (Å²) in [6, 6.07) is 3.62. The Morgan fingerprint density at radius 1 is 1.39 bits per heavy atom. The maximum Gasteiger partial charge on any atom is 0.252 e. The van der Waals surface area contributed by atoms with Crippen molar-refractivity contribution in [3.63, 3.8) is 0 Å². The monoisotopic (exact) mass is 316 g/mol. The van der Waals surface area contributed by atoms with Gasteiger partial charge in [-0.25, -0.2) is 4.98 Å². The van der Waals surface area contributed by atoms with Crippen molar-refractivity contribution in [2.75, 3.05) is 18.6 Å². The van der Waals surface area contributed by atoms with Crippen LogP contribution in [0.2, 0.25) is 0 Å². The molecule has 1 unspecified atom stereocenters. The van der Waals surface area contributed by atoms with E-state index in [1.165, 1.54) is 18.9 Å². The lowest BCUT2D eigenvalue weighted by molar-refractivity contribution is 0.181. The number of aromatic amines is 1. The number of nitrogens with zero attached hydrogens (tertiary/aromatic N) is 3. The SMILES string of the molecule is COCc1cc(=O)[nH]c(N2CCCC2c2cc(C3CC3)no2)n1. The van der Waals surface area contributed by atoms with Crippen LogP contribution in [-0.4, -0.2) is 28.8 Å². The highest BCUT2D eigenvalue weighted by Gasteiger charge is 2.33. The van der Waals surface area contributed by atoms with E-state index in [0.717, 1.165) is 30.8 Å². The van der Waals surface area contributed by atoms with Gasteiger partial charge in [0.1, 0.15) is 0 Å². The van der Waals surface area contributed by atoms with Crippen LogP contribution in [0.25, 0.3) is 0 Å². The van der Waals surface area contributed by atoms with Gasteiger partial charge in [0.2, 0.25) is 5.95 Å². The molecule has 2 aliphatic rings. The summed E-state index contributed by atoms with van der Waals surface area (Å²) in [6.45, 7) is 1.16. The summed E-state index contributed by atoms with van der Waals surface area (Å²) < 4.78 is 10.7. The highest BCUT2D eigenvalue weighted by atomic mass is 16.5. The Kier molecular flexibility index (Phi) is 3.65. The summed E-state index contributed by atoms with van der Waals surface area (Å²) in [5.41, 5.74) is 1.53. The first kappa shape index (κ1) is 14.4. The Morgan fingerprint density at radius 2 is 2.26 bits per heavy atom. The fraction of sp³-hybridized carbons (Fsp3) is 0.562. The molecule has 1 atom stereocenters. The standard InChI is InChI=1S/C16H20N4O3/c1-22-9-11-7-15(21)18-16(17-11)20-6-2-3-13(20)14-8-12(19-23-14)10-4-5-10/h7-8,10,13H,2-6,9H2,1H3,(H,17,18,21). The lowest BCUT2D eigenvalue weighted by atomic mass is 10.1. The summed E-state index contributed by atoms with van der Waals surface area (Å²) >= 11 is 0. The van der Waals surface area contributed by atoms with Gasteiger partial charge in [0.25, 0.3) is 5.56 Å². The third-order valence-electron chi connectivity index (χ3n) is 4.47. The first-order valence-electron chi connectivity index (χ1n) is 8.07. The summed E-state index contributed by atoms with van der Waals surface area (Å²) in [5.74, 6) is 2.02. The number of aromatic nitrogens is 3. The molecule has 0 spiro atoms. The highest BCUT2D eigenvalue weighted by Crippen LogP contribution is 2.41. The first-order valence-corrected chi connectivity index (χ1v) is 8.07. The highest BCUT2D eigenvalue weighted by molar-refractivity contribution is 5.37. The molecule has 23 heavy (non-hydrogen) atoms. The van der Waals surface area contributed by atoms with Gasteiger partial charge in [0.05, 0.1) is 24.0 Å². The van der Waals surface area contributed by atoms with Crippen molar-refractivity contribution in [1.29, 1.82) is 0 Å². The number of anilines is 1. The van der Waals surface area contributed by atoms with Gasteiger partial charge in [0.15, 0.2) is 5.76 Å². The van der Waals surface area contributed by atoms with Crippen molar-refractivity contribution < 1.29 is 9.26 Å². The van der Waals surface area contributed by atoms with E-state index in [9.17, 15) is 4.79 Å². The van der Waals surface area contributed by atoms with Gasteiger partial charge in [-0.1, -0.05) is 5.16 Å². The Morgan fingerprint density at radius 3 is 3.04 bits per heavy atom. The quantitative estimate of drug-likeness (QED) is 0.909. The fourth-order valence-electron chi connectivity index (χ4n) is 3.20. The van der Waals surface area contributed by atoms with Crippen molar-refractivity contribution >= 4 is 5.95 Å². The molecule has 4 rings (SSSR count). The van der Waals surface area contributed by atoms with Gasteiger partial charge in [-0.3, -0.25) is 9.78 Å². The molecule has 1 aliphatic carbocycles. The summed E-state index contributed by atoms with van der Waals surface area (Å²) in [5, 5.41) is 4.20. The maximum absolute atomic E-state index is 11.9. The van der Waals surface area contributed by atoms with E-state index in [1.54, 1.807) is 7.11 Å². The van der Waals surface area contributed by atoms with E-state index in [0.29, 0.717) is 24.2 Å². The molecule has 2 aromatic rings. The molecule has 2 fully saturated rings. The average Bonchev–Trinajstić information content (AvgIpc) is 3.08. The third-order valence-corrected chi connectivity index (χ3v) is 4.47. The second-order valence-electron chi connectivity index (χ2n) is 6.27. The molecule has 3 heterocycles. The maximum atomic E-state index is 11.9. The summed E-state index contributed by atoms with van der Waals surface area (Å²) in [6.07, 6.45) is 4.41. The Bertz CT molecular complexity index is 750. The van der Waals surface area contributed by atoms with Crippen LogP contribution >= 0.6 is 0 Å². The Balaban J connectivity index is 1.62. The molecular weight excluding hydrogens is 296 g/mol. The van der Waals surface area contributed by atoms with Gasteiger partial charge >= 0.3 is 0 Å². The molecule has 7 heteroatoms. The molecule has 0 radical (unpaired) electrons. The smallest absolute Gasteiger partial charge is 0.252 e. The van der Waals surface area contributed by atoms with Gasteiger partial charge in [-0.15, -0.1) is 0 Å². The predicted molar refractivity (Wildman–Crippen MR) is 83.4 cm³/mol. The Hall–Kier alpha value is -2.15. The van der Waals surface area contributed by atoms with Crippen molar-refractivity contribution in [3.8, 4) is 0 Å². The molecule has 2 aromatic heterocycles. The molecule has 122 valence electrons. The number of H-pyrrole nitrogens is 1. The van der Waals surface area contributed by atoms with Crippen molar-refractivity contribution in [2.45, 2.75) is 44.2 Å². The molecule has 1 aliphatic heterocycles. The first-order chi connectivity index (χ1) is 11.2. The molecular formula is C16H20N4O3. The number of hydrogen-bond acceptors (Lipinski definition) is 6. The molecule has 1 saturated heterocycles. The van der Waals surface area contributed by atoms with E-state index >= 15 is 0 Å². The zero-order valence-electron chi connectivity index (χ0n) is 13.1. The number of methoxy groups -OCH3 is 1. The lowest BCUT2D eigenvalue weighted by Gasteiger charge is -2.23. The molecule has 0 amide bonds. The summed E-state index contributed by atoms with van der Waals surface area (Å²) in [4.78, 5) is 21.3. The van der Waals surface area contributed by atoms with Gasteiger partial charge in [-0.05, 0) is 25.7 Å². The zero-order valence-corrected chi connectivity index (χ0v) is 13.1. The molecule has 7 nitrogen and oxygen atoms in total. The van der Waals surface area contributed by atoms with Gasteiger partial charge < -0.3 is 14.2 Å². The van der Waals surface area contributed by atoms with Gasteiger partial charge in [-0.2, -0.15) is 0 Å². The second-order valence-corrected chi connectivity index (χ2v) is 6.27. The van der Waals surface area contributed by atoms with E-state index in [4.69, 9.17) is 9.26 Å². The van der Waals surface area contributed by atoms with Crippen molar-refractivity contribution in [3.05, 3.63) is 39.6 Å². The number of nitrogens with one attached hydrogen (secondary N) is 1. The second kappa shape index (κ2) is 5.81. The fourth-order valence-corrected chi connectivity index (χ4v) is 3.20. The number of rotatable bonds is 5. The van der Waals surface area contributed by atoms with Crippen molar-refractivity contribution in [1.82, 2.24) is 15.1 Å². The zero-order chi connectivity index (χ0) is 15.8. The van der Waals surface area contributed by atoms with E-state index in [1.807, 2.05) is 0 Å². The van der Waals surface area contributed by atoms with Crippen LogP contribution in [0, 0.1) is 0 Å². The topological polar surface area (TPSA) is 84.3 Å². The normalized spacial score (nSPS) is 21.1. The molecule has 1 saturated carbocycles. The minimum atomic E-state index is -0.163. The third kappa shape index (κ3) is 2.88. The molecule has 0 aromatic carbocycles. The minimum Gasteiger partial charge on any atom is -0.378 e. The minimum absolute atomic E-state index is 0.0796. The molecule has 0 bridgehead atoms. The van der Waals surface area contributed by atoms with Crippen LogP contribution in [0.5, 0.6) is 0 Å². The van der Waals surface area contributed by atoms with Crippen LogP contribution in [0.4, 0.5) is 5.95 Å². The predicted octanol–water partition coefficient (Wildman–Crippen LogP) is 2.12. The van der Waals surface area contributed by atoms with Gasteiger partial charge in [0, 0.05) is 31.7 Å². The number of hydrogen-bond donors (Lipinski definition) is 1. The average molecular weight is 316 g/mol.